The Morgan fingerprint density at radius 1 is 1.14 bits per heavy atom. The standard InChI is InChI=1S/C15H16ClF2N3/c16-10-13-19-20-14(11-6-8-15(17,18)9-7-11)21(13)12-4-2-1-3-5-12/h1-5,11H,6-10H2. The summed E-state index contributed by atoms with van der Waals surface area (Å²) >= 11 is 5.94. The van der Waals surface area contributed by atoms with E-state index in [0.29, 0.717) is 18.7 Å². The van der Waals surface area contributed by atoms with Crippen LogP contribution in [0.25, 0.3) is 5.69 Å². The van der Waals surface area contributed by atoms with Crippen LogP contribution >= 0.6 is 11.6 Å². The van der Waals surface area contributed by atoms with Crippen LogP contribution in [0.1, 0.15) is 43.3 Å². The van der Waals surface area contributed by atoms with Crippen LogP contribution in [-0.2, 0) is 5.88 Å². The lowest BCUT2D eigenvalue weighted by Crippen LogP contribution is -2.25. The van der Waals surface area contributed by atoms with E-state index in [4.69, 9.17) is 11.6 Å². The number of aromatic nitrogens is 3. The average Bonchev–Trinajstić information content (AvgIpc) is 2.92. The zero-order valence-electron chi connectivity index (χ0n) is 11.5. The van der Waals surface area contributed by atoms with Crippen molar-refractivity contribution in [3.8, 4) is 5.69 Å². The Bertz CT molecular complexity index is 603. The second kappa shape index (κ2) is 5.72. The molecular formula is C15H16ClF2N3. The third-order valence-corrected chi connectivity index (χ3v) is 4.21. The molecule has 112 valence electrons. The number of alkyl halides is 3. The Morgan fingerprint density at radius 2 is 1.81 bits per heavy atom. The number of rotatable bonds is 3. The summed E-state index contributed by atoms with van der Waals surface area (Å²) in [6.45, 7) is 0. The van der Waals surface area contributed by atoms with Crippen LogP contribution in [0.15, 0.2) is 30.3 Å². The van der Waals surface area contributed by atoms with Gasteiger partial charge in [-0.1, -0.05) is 18.2 Å². The van der Waals surface area contributed by atoms with E-state index in [1.165, 1.54) is 0 Å². The quantitative estimate of drug-likeness (QED) is 0.791. The Labute approximate surface area is 126 Å². The molecule has 6 heteroatoms. The van der Waals surface area contributed by atoms with E-state index in [0.717, 1.165) is 11.5 Å². The number of hydrogen-bond acceptors (Lipinski definition) is 2. The minimum atomic E-state index is -2.54. The molecule has 0 saturated heterocycles. The predicted molar refractivity (Wildman–Crippen MR) is 77.1 cm³/mol. The minimum Gasteiger partial charge on any atom is -0.282 e. The van der Waals surface area contributed by atoms with Gasteiger partial charge in [-0.05, 0) is 25.0 Å². The van der Waals surface area contributed by atoms with Gasteiger partial charge in [0.05, 0.1) is 5.88 Å². The average molecular weight is 312 g/mol. The van der Waals surface area contributed by atoms with Crippen molar-refractivity contribution in [1.29, 1.82) is 0 Å². The van der Waals surface area contributed by atoms with Gasteiger partial charge in [-0.2, -0.15) is 0 Å². The monoisotopic (exact) mass is 311 g/mol. The second-order valence-electron chi connectivity index (χ2n) is 5.41. The fourth-order valence-electron chi connectivity index (χ4n) is 2.84. The first-order valence-corrected chi connectivity index (χ1v) is 7.57. The van der Waals surface area contributed by atoms with Crippen LogP contribution < -0.4 is 0 Å². The first kappa shape index (κ1) is 14.4. The molecule has 1 aliphatic rings. The topological polar surface area (TPSA) is 30.7 Å². The van der Waals surface area contributed by atoms with Crippen LogP contribution in [0, 0.1) is 0 Å². The van der Waals surface area contributed by atoms with Crippen molar-refractivity contribution in [2.45, 2.75) is 43.4 Å². The summed E-state index contributed by atoms with van der Waals surface area (Å²) in [5.74, 6) is -0.898. The molecule has 3 nitrogen and oxygen atoms in total. The number of halogens is 3. The summed E-state index contributed by atoms with van der Waals surface area (Å²) in [6, 6.07) is 9.66. The molecule has 1 aliphatic carbocycles. The molecule has 21 heavy (non-hydrogen) atoms. The summed E-state index contributed by atoms with van der Waals surface area (Å²) in [5.41, 5.74) is 0.922. The normalized spacial score (nSPS) is 18.8. The molecule has 1 aromatic carbocycles. The molecule has 0 N–H and O–H groups in total. The van der Waals surface area contributed by atoms with Gasteiger partial charge in [0, 0.05) is 24.4 Å². The van der Waals surface area contributed by atoms with Gasteiger partial charge in [-0.25, -0.2) is 8.78 Å². The molecule has 1 fully saturated rings. The van der Waals surface area contributed by atoms with Crippen molar-refractivity contribution in [1.82, 2.24) is 14.8 Å². The first-order valence-electron chi connectivity index (χ1n) is 7.04. The Morgan fingerprint density at radius 3 is 2.43 bits per heavy atom. The van der Waals surface area contributed by atoms with Gasteiger partial charge < -0.3 is 0 Å². The molecule has 0 spiro atoms. The van der Waals surface area contributed by atoms with Gasteiger partial charge in [-0.3, -0.25) is 4.57 Å². The van der Waals surface area contributed by atoms with Crippen LogP contribution in [0.3, 0.4) is 0 Å². The van der Waals surface area contributed by atoms with Crippen molar-refractivity contribution < 1.29 is 8.78 Å². The highest BCUT2D eigenvalue weighted by atomic mass is 35.5. The van der Waals surface area contributed by atoms with Crippen LogP contribution in [0.5, 0.6) is 0 Å². The molecule has 1 saturated carbocycles. The van der Waals surface area contributed by atoms with Crippen LogP contribution in [0.4, 0.5) is 8.78 Å². The van der Waals surface area contributed by atoms with E-state index in [-0.39, 0.29) is 24.6 Å². The Hall–Kier alpha value is -1.49. The third kappa shape index (κ3) is 2.93. The van der Waals surface area contributed by atoms with E-state index in [1.54, 1.807) is 0 Å². The van der Waals surface area contributed by atoms with E-state index >= 15 is 0 Å². The highest BCUT2D eigenvalue weighted by Crippen LogP contribution is 2.40. The van der Waals surface area contributed by atoms with E-state index in [9.17, 15) is 8.78 Å². The lowest BCUT2D eigenvalue weighted by atomic mass is 9.86. The third-order valence-electron chi connectivity index (χ3n) is 3.97. The van der Waals surface area contributed by atoms with Gasteiger partial charge in [0.15, 0.2) is 5.82 Å². The fraction of sp³-hybridized carbons (Fsp3) is 0.467. The van der Waals surface area contributed by atoms with Crippen LogP contribution in [-0.4, -0.2) is 20.7 Å². The highest BCUT2D eigenvalue weighted by Gasteiger charge is 2.37. The maximum absolute atomic E-state index is 13.3. The number of nitrogens with zero attached hydrogens (tertiary/aromatic N) is 3. The fourth-order valence-corrected chi connectivity index (χ4v) is 3.01. The van der Waals surface area contributed by atoms with Gasteiger partial charge in [0.25, 0.3) is 0 Å². The maximum Gasteiger partial charge on any atom is 0.248 e. The maximum atomic E-state index is 13.3. The van der Waals surface area contributed by atoms with E-state index < -0.39 is 5.92 Å². The lowest BCUT2D eigenvalue weighted by Gasteiger charge is -2.28. The molecule has 0 radical (unpaired) electrons. The van der Waals surface area contributed by atoms with E-state index in [2.05, 4.69) is 10.2 Å². The molecule has 0 bridgehead atoms. The smallest absolute Gasteiger partial charge is 0.248 e. The number of hydrogen-bond donors (Lipinski definition) is 0. The van der Waals surface area contributed by atoms with Crippen molar-refractivity contribution in [3.63, 3.8) is 0 Å². The van der Waals surface area contributed by atoms with E-state index in [1.807, 2.05) is 34.9 Å². The van der Waals surface area contributed by atoms with Crippen molar-refractivity contribution in [3.05, 3.63) is 42.0 Å². The molecule has 3 rings (SSSR count). The van der Waals surface area contributed by atoms with Gasteiger partial charge >= 0.3 is 0 Å². The number of benzene rings is 1. The molecular weight excluding hydrogens is 296 g/mol. The molecule has 0 atom stereocenters. The molecule has 0 unspecified atom stereocenters. The predicted octanol–water partition coefficient (Wildman–Crippen LogP) is 4.30. The summed E-state index contributed by atoms with van der Waals surface area (Å²) in [6.07, 6.45) is 0.686. The SMILES string of the molecule is FC1(F)CCC(c2nnc(CCl)n2-c2ccccc2)CC1. The number of para-hydroxylation sites is 1. The van der Waals surface area contributed by atoms with Gasteiger partial charge in [0.1, 0.15) is 5.82 Å². The Balaban J connectivity index is 1.95. The largest absolute Gasteiger partial charge is 0.282 e. The summed E-state index contributed by atoms with van der Waals surface area (Å²) in [5, 5.41) is 8.33. The Kier molecular flexibility index (Phi) is 3.93. The summed E-state index contributed by atoms with van der Waals surface area (Å²) in [7, 11) is 0. The lowest BCUT2D eigenvalue weighted by molar-refractivity contribution is -0.0388. The molecule has 0 amide bonds. The van der Waals surface area contributed by atoms with Gasteiger partial charge in [0.2, 0.25) is 5.92 Å². The molecule has 0 aliphatic heterocycles. The zero-order valence-corrected chi connectivity index (χ0v) is 12.2. The zero-order chi connectivity index (χ0) is 14.9. The molecule has 1 aromatic heterocycles. The van der Waals surface area contributed by atoms with Crippen LogP contribution in [0.2, 0.25) is 0 Å². The van der Waals surface area contributed by atoms with Crippen molar-refractivity contribution in [2.75, 3.05) is 0 Å². The van der Waals surface area contributed by atoms with Crippen molar-refractivity contribution in [2.24, 2.45) is 0 Å². The first-order chi connectivity index (χ1) is 10.1. The highest BCUT2D eigenvalue weighted by molar-refractivity contribution is 6.16. The molecule has 2 aromatic rings. The summed E-state index contributed by atoms with van der Waals surface area (Å²) in [4.78, 5) is 0. The minimum absolute atomic E-state index is 0.00861. The molecule has 1 heterocycles. The second-order valence-corrected chi connectivity index (χ2v) is 5.68. The van der Waals surface area contributed by atoms with Gasteiger partial charge in [-0.15, -0.1) is 21.8 Å². The van der Waals surface area contributed by atoms with Crippen molar-refractivity contribution >= 4 is 11.6 Å². The summed E-state index contributed by atoms with van der Waals surface area (Å²) < 4.78 is 28.6.